The molecule has 4 N–H and O–H groups in total. The van der Waals surface area contributed by atoms with Crippen molar-refractivity contribution in [2.24, 2.45) is 10.9 Å². The number of oxime groups is 1. The molecular weight excluding hydrogens is 258 g/mol. The Hall–Kier alpha value is -1.50. The van der Waals surface area contributed by atoms with Gasteiger partial charge in [-0.2, -0.15) is 0 Å². The molecule has 0 bridgehead atoms. The first-order valence-corrected chi connectivity index (χ1v) is 7.07. The van der Waals surface area contributed by atoms with E-state index in [1.165, 1.54) is 0 Å². The molecule has 0 spiro atoms. The lowest BCUT2D eigenvalue weighted by atomic mass is 10.1. The monoisotopic (exact) mass is 285 g/mol. The van der Waals surface area contributed by atoms with Crippen LogP contribution in [0.25, 0.3) is 0 Å². The standard InChI is InChI=1S/C13H27N5O2/c1-5-10(11(14)16-20)17-6-8-18(9-7-17)12(19)15-13(2,3)4/h10,20H,5-9H2,1-4H3,(H2,14,16)(H,15,19). The summed E-state index contributed by atoms with van der Waals surface area (Å²) in [6, 6.07) is -0.0955. The first-order chi connectivity index (χ1) is 9.28. The van der Waals surface area contributed by atoms with Crippen LogP contribution in [0, 0.1) is 0 Å². The number of piperazine rings is 1. The van der Waals surface area contributed by atoms with E-state index in [2.05, 4.69) is 15.4 Å². The Morgan fingerprint density at radius 3 is 2.30 bits per heavy atom. The first-order valence-electron chi connectivity index (χ1n) is 7.07. The van der Waals surface area contributed by atoms with Crippen LogP contribution in [0.2, 0.25) is 0 Å². The van der Waals surface area contributed by atoms with Gasteiger partial charge in [-0.15, -0.1) is 0 Å². The zero-order valence-corrected chi connectivity index (χ0v) is 12.9. The predicted octanol–water partition coefficient (Wildman–Crippen LogP) is 0.637. The van der Waals surface area contributed by atoms with Crippen LogP contribution in [-0.4, -0.2) is 64.6 Å². The number of amidine groups is 1. The summed E-state index contributed by atoms with van der Waals surface area (Å²) in [6.07, 6.45) is 0.782. The Morgan fingerprint density at radius 1 is 1.35 bits per heavy atom. The zero-order chi connectivity index (χ0) is 15.3. The first kappa shape index (κ1) is 16.6. The molecule has 0 saturated carbocycles. The molecule has 7 heteroatoms. The number of nitrogens with two attached hydrogens (primary N) is 1. The topological polar surface area (TPSA) is 94.2 Å². The van der Waals surface area contributed by atoms with Crippen molar-refractivity contribution in [1.29, 1.82) is 0 Å². The minimum atomic E-state index is -0.228. The maximum atomic E-state index is 12.1. The van der Waals surface area contributed by atoms with Crippen LogP contribution < -0.4 is 11.1 Å². The molecule has 1 fully saturated rings. The summed E-state index contributed by atoms with van der Waals surface area (Å²) >= 11 is 0. The predicted molar refractivity (Wildman–Crippen MR) is 78.9 cm³/mol. The Bertz CT molecular complexity index is 356. The lowest BCUT2D eigenvalue weighted by Crippen LogP contribution is -2.58. The van der Waals surface area contributed by atoms with E-state index < -0.39 is 0 Å². The number of carbonyl (C=O) groups excluding carboxylic acids is 1. The highest BCUT2D eigenvalue weighted by Crippen LogP contribution is 2.11. The van der Waals surface area contributed by atoms with Gasteiger partial charge in [-0.1, -0.05) is 12.1 Å². The number of rotatable bonds is 3. The van der Waals surface area contributed by atoms with Gasteiger partial charge in [-0.05, 0) is 27.2 Å². The van der Waals surface area contributed by atoms with Crippen molar-refractivity contribution in [3.63, 3.8) is 0 Å². The SMILES string of the molecule is CCC(C(N)=NO)N1CCN(C(=O)NC(C)(C)C)CC1. The second kappa shape index (κ2) is 6.78. The largest absolute Gasteiger partial charge is 0.409 e. The fourth-order valence-electron chi connectivity index (χ4n) is 2.36. The van der Waals surface area contributed by atoms with Crippen molar-refractivity contribution >= 4 is 11.9 Å². The molecular formula is C13H27N5O2. The summed E-state index contributed by atoms with van der Waals surface area (Å²) in [5.41, 5.74) is 5.47. The van der Waals surface area contributed by atoms with Gasteiger partial charge in [-0.25, -0.2) is 4.79 Å². The average Bonchev–Trinajstić information content (AvgIpc) is 2.38. The van der Waals surface area contributed by atoms with Gasteiger partial charge < -0.3 is 21.2 Å². The Kier molecular flexibility index (Phi) is 5.62. The van der Waals surface area contributed by atoms with Gasteiger partial charge in [0.25, 0.3) is 0 Å². The van der Waals surface area contributed by atoms with E-state index in [1.807, 2.05) is 27.7 Å². The minimum Gasteiger partial charge on any atom is -0.409 e. The molecule has 1 unspecified atom stereocenters. The molecule has 7 nitrogen and oxygen atoms in total. The lowest BCUT2D eigenvalue weighted by Gasteiger charge is -2.39. The molecule has 0 aromatic rings. The lowest BCUT2D eigenvalue weighted by molar-refractivity contribution is 0.121. The third kappa shape index (κ3) is 4.56. The third-order valence-electron chi connectivity index (χ3n) is 3.37. The second-order valence-electron chi connectivity index (χ2n) is 6.15. The van der Waals surface area contributed by atoms with Gasteiger partial charge in [0, 0.05) is 31.7 Å². The van der Waals surface area contributed by atoms with Crippen molar-refractivity contribution in [3.05, 3.63) is 0 Å². The normalized spacial score (nSPS) is 19.8. The molecule has 1 aliphatic rings. The van der Waals surface area contributed by atoms with Gasteiger partial charge in [0.1, 0.15) is 0 Å². The molecule has 1 aliphatic heterocycles. The number of hydrogen-bond acceptors (Lipinski definition) is 4. The number of carbonyl (C=O) groups is 1. The van der Waals surface area contributed by atoms with Crippen LogP contribution >= 0.6 is 0 Å². The van der Waals surface area contributed by atoms with Crippen LogP contribution in [0.3, 0.4) is 0 Å². The summed E-state index contributed by atoms with van der Waals surface area (Å²) in [5.74, 6) is 0.236. The molecule has 1 atom stereocenters. The molecule has 1 saturated heterocycles. The third-order valence-corrected chi connectivity index (χ3v) is 3.37. The van der Waals surface area contributed by atoms with Gasteiger partial charge in [0.05, 0.1) is 6.04 Å². The van der Waals surface area contributed by atoms with E-state index >= 15 is 0 Å². The molecule has 0 aliphatic carbocycles. The maximum Gasteiger partial charge on any atom is 0.317 e. The molecule has 2 amide bonds. The number of urea groups is 1. The fourth-order valence-corrected chi connectivity index (χ4v) is 2.36. The van der Waals surface area contributed by atoms with Gasteiger partial charge >= 0.3 is 6.03 Å². The Morgan fingerprint density at radius 2 is 1.90 bits per heavy atom. The van der Waals surface area contributed by atoms with Gasteiger partial charge in [0.15, 0.2) is 5.84 Å². The maximum absolute atomic E-state index is 12.1. The molecule has 0 radical (unpaired) electrons. The highest BCUT2D eigenvalue weighted by atomic mass is 16.4. The van der Waals surface area contributed by atoms with Crippen molar-refractivity contribution in [2.75, 3.05) is 26.2 Å². The minimum absolute atomic E-state index is 0.0333. The molecule has 1 heterocycles. The van der Waals surface area contributed by atoms with Gasteiger partial charge in [0.2, 0.25) is 0 Å². The van der Waals surface area contributed by atoms with Crippen molar-refractivity contribution in [3.8, 4) is 0 Å². The number of amides is 2. The van der Waals surface area contributed by atoms with Gasteiger partial charge in [-0.3, -0.25) is 4.90 Å². The van der Waals surface area contributed by atoms with Crippen molar-refractivity contribution < 1.29 is 10.0 Å². The summed E-state index contributed by atoms with van der Waals surface area (Å²) in [5, 5.41) is 14.9. The quantitative estimate of drug-likeness (QED) is 0.307. The second-order valence-corrected chi connectivity index (χ2v) is 6.15. The molecule has 20 heavy (non-hydrogen) atoms. The molecule has 0 aromatic heterocycles. The molecule has 0 aromatic carbocycles. The summed E-state index contributed by atoms with van der Waals surface area (Å²) < 4.78 is 0. The van der Waals surface area contributed by atoms with E-state index in [9.17, 15) is 4.79 Å². The summed E-state index contributed by atoms with van der Waals surface area (Å²) in [6.45, 7) is 10.7. The average molecular weight is 285 g/mol. The zero-order valence-electron chi connectivity index (χ0n) is 12.9. The van der Waals surface area contributed by atoms with Crippen LogP contribution in [0.15, 0.2) is 5.16 Å². The molecule has 116 valence electrons. The van der Waals surface area contributed by atoms with E-state index in [1.54, 1.807) is 4.90 Å². The molecule has 1 rings (SSSR count). The van der Waals surface area contributed by atoms with Crippen molar-refractivity contribution in [1.82, 2.24) is 15.1 Å². The van der Waals surface area contributed by atoms with E-state index in [-0.39, 0.29) is 23.4 Å². The smallest absolute Gasteiger partial charge is 0.317 e. The van der Waals surface area contributed by atoms with Crippen molar-refractivity contribution in [2.45, 2.75) is 45.7 Å². The number of nitrogens with zero attached hydrogens (tertiary/aromatic N) is 3. The summed E-state index contributed by atoms with van der Waals surface area (Å²) in [4.78, 5) is 16.0. The fraction of sp³-hybridized carbons (Fsp3) is 0.846. The van der Waals surface area contributed by atoms with Crippen LogP contribution in [0.4, 0.5) is 4.79 Å². The van der Waals surface area contributed by atoms with Crippen LogP contribution in [0.1, 0.15) is 34.1 Å². The Balaban J connectivity index is 2.53. The Labute approximate surface area is 120 Å². The van der Waals surface area contributed by atoms with Crippen LogP contribution in [-0.2, 0) is 0 Å². The van der Waals surface area contributed by atoms with E-state index in [0.29, 0.717) is 13.1 Å². The van der Waals surface area contributed by atoms with E-state index in [0.717, 1.165) is 19.5 Å². The van der Waals surface area contributed by atoms with Crippen LogP contribution in [0.5, 0.6) is 0 Å². The number of nitrogens with one attached hydrogen (secondary N) is 1. The highest BCUT2D eigenvalue weighted by Gasteiger charge is 2.28. The summed E-state index contributed by atoms with van der Waals surface area (Å²) in [7, 11) is 0. The number of hydrogen-bond donors (Lipinski definition) is 3. The van der Waals surface area contributed by atoms with E-state index in [4.69, 9.17) is 10.9 Å². The highest BCUT2D eigenvalue weighted by molar-refractivity contribution is 5.85.